The molecule has 0 aliphatic carbocycles. The highest BCUT2D eigenvalue weighted by atomic mass is 32.1. The lowest BCUT2D eigenvalue weighted by Crippen LogP contribution is -2.28. The summed E-state index contributed by atoms with van der Waals surface area (Å²) >= 11 is 1.36. The van der Waals surface area contributed by atoms with E-state index in [-0.39, 0.29) is 18.0 Å². The molecule has 0 atom stereocenters. The van der Waals surface area contributed by atoms with Crippen LogP contribution in [0.2, 0.25) is 0 Å². The second-order valence-corrected chi connectivity index (χ2v) is 7.09. The molecule has 0 aliphatic heterocycles. The third-order valence-electron chi connectivity index (χ3n) is 4.42. The first kappa shape index (κ1) is 17.3. The lowest BCUT2D eigenvalue weighted by atomic mass is 10.1. The molecule has 8 heteroatoms. The van der Waals surface area contributed by atoms with Crippen molar-refractivity contribution in [2.45, 2.75) is 33.2 Å². The van der Waals surface area contributed by atoms with Gasteiger partial charge in [-0.05, 0) is 37.3 Å². The van der Waals surface area contributed by atoms with Gasteiger partial charge in [0.05, 0.1) is 17.8 Å². The molecule has 25 heavy (non-hydrogen) atoms. The molecule has 3 heterocycles. The quantitative estimate of drug-likeness (QED) is 0.754. The Morgan fingerprint density at radius 3 is 2.84 bits per heavy atom. The van der Waals surface area contributed by atoms with E-state index in [4.69, 9.17) is 0 Å². The molecule has 0 aromatic carbocycles. The Kier molecular flexibility index (Phi) is 4.71. The molecule has 0 fully saturated rings. The van der Waals surface area contributed by atoms with E-state index in [9.17, 15) is 9.59 Å². The molecular weight excluding hydrogens is 338 g/mol. The normalized spacial score (nSPS) is 11.2. The summed E-state index contributed by atoms with van der Waals surface area (Å²) in [6, 6.07) is 1.81. The van der Waals surface area contributed by atoms with Crippen molar-refractivity contribution in [2.75, 3.05) is 7.05 Å². The summed E-state index contributed by atoms with van der Waals surface area (Å²) in [6.45, 7) is 4.25. The Bertz CT molecular complexity index is 985. The number of hydrogen-bond donors (Lipinski definition) is 1. The fourth-order valence-electron chi connectivity index (χ4n) is 2.91. The summed E-state index contributed by atoms with van der Waals surface area (Å²) < 4.78 is 2.45. The third-order valence-corrected chi connectivity index (χ3v) is 5.33. The maximum atomic E-state index is 12.4. The van der Waals surface area contributed by atoms with Gasteiger partial charge in [-0.2, -0.15) is 5.10 Å². The number of rotatable bonds is 5. The van der Waals surface area contributed by atoms with Crippen LogP contribution in [-0.2, 0) is 24.8 Å². The van der Waals surface area contributed by atoms with E-state index in [1.54, 1.807) is 11.9 Å². The van der Waals surface area contributed by atoms with E-state index in [1.165, 1.54) is 11.3 Å². The number of nitrogens with zero attached hydrogens (tertiary/aromatic N) is 4. The summed E-state index contributed by atoms with van der Waals surface area (Å²) in [7, 11) is 3.63. The van der Waals surface area contributed by atoms with Crippen LogP contribution in [0.4, 0.5) is 0 Å². The van der Waals surface area contributed by atoms with Crippen molar-refractivity contribution >= 4 is 27.5 Å². The van der Waals surface area contributed by atoms with E-state index in [0.29, 0.717) is 28.9 Å². The van der Waals surface area contributed by atoms with E-state index < -0.39 is 0 Å². The first-order chi connectivity index (χ1) is 11.9. The van der Waals surface area contributed by atoms with E-state index >= 15 is 0 Å². The van der Waals surface area contributed by atoms with Gasteiger partial charge in [0.2, 0.25) is 5.91 Å². The van der Waals surface area contributed by atoms with Crippen LogP contribution >= 0.6 is 11.3 Å². The predicted molar refractivity (Wildman–Crippen MR) is 97.7 cm³/mol. The molecule has 132 valence electrons. The van der Waals surface area contributed by atoms with Crippen LogP contribution in [0.25, 0.3) is 10.2 Å². The maximum Gasteiger partial charge on any atom is 0.268 e. The molecule has 3 aromatic rings. The summed E-state index contributed by atoms with van der Waals surface area (Å²) in [5.41, 5.74) is 3.69. The monoisotopic (exact) mass is 359 g/mol. The van der Waals surface area contributed by atoms with Crippen LogP contribution in [0.15, 0.2) is 16.2 Å². The molecule has 0 unspecified atom stereocenters. The SMILES string of the molecule is Cc1nn(C)c(C)c1CCC(=O)N(C)Cc1nc2ccsc2c(=O)[nH]1. The average molecular weight is 359 g/mol. The maximum absolute atomic E-state index is 12.4. The number of aromatic nitrogens is 4. The van der Waals surface area contributed by atoms with Crippen LogP contribution in [0, 0.1) is 13.8 Å². The number of amides is 1. The van der Waals surface area contributed by atoms with E-state index in [0.717, 1.165) is 17.0 Å². The predicted octanol–water partition coefficient (Wildman–Crippen LogP) is 1.93. The van der Waals surface area contributed by atoms with Gasteiger partial charge in [0.25, 0.3) is 5.56 Å². The largest absolute Gasteiger partial charge is 0.338 e. The number of H-pyrrole nitrogens is 1. The minimum absolute atomic E-state index is 0.00992. The zero-order valence-corrected chi connectivity index (χ0v) is 15.6. The minimum Gasteiger partial charge on any atom is -0.338 e. The van der Waals surface area contributed by atoms with E-state index in [2.05, 4.69) is 15.1 Å². The zero-order chi connectivity index (χ0) is 18.1. The number of aromatic amines is 1. The van der Waals surface area contributed by atoms with Gasteiger partial charge in [0, 0.05) is 26.2 Å². The Labute approximate surface area is 149 Å². The Morgan fingerprint density at radius 1 is 1.40 bits per heavy atom. The lowest BCUT2D eigenvalue weighted by molar-refractivity contribution is -0.130. The number of carbonyl (C=O) groups excluding carboxylic acids is 1. The molecule has 0 aliphatic rings. The number of carbonyl (C=O) groups is 1. The van der Waals surface area contributed by atoms with Gasteiger partial charge in [-0.25, -0.2) is 4.98 Å². The second-order valence-electron chi connectivity index (χ2n) is 6.17. The number of hydrogen-bond acceptors (Lipinski definition) is 5. The van der Waals surface area contributed by atoms with Gasteiger partial charge in [-0.3, -0.25) is 14.3 Å². The van der Waals surface area contributed by atoms with Gasteiger partial charge in [-0.1, -0.05) is 0 Å². The van der Waals surface area contributed by atoms with Crippen molar-refractivity contribution in [2.24, 2.45) is 7.05 Å². The molecular formula is C17H21N5O2S. The Balaban J connectivity index is 1.66. The summed E-state index contributed by atoms with van der Waals surface area (Å²) in [5.74, 6) is 0.510. The van der Waals surface area contributed by atoms with Crippen LogP contribution in [0.1, 0.15) is 29.2 Å². The van der Waals surface area contributed by atoms with Crippen molar-refractivity contribution in [1.29, 1.82) is 0 Å². The first-order valence-corrected chi connectivity index (χ1v) is 8.94. The van der Waals surface area contributed by atoms with Gasteiger partial charge in [-0.15, -0.1) is 11.3 Å². The number of aryl methyl sites for hydroxylation is 2. The first-order valence-electron chi connectivity index (χ1n) is 8.06. The minimum atomic E-state index is -0.155. The Hall–Kier alpha value is -2.48. The van der Waals surface area contributed by atoms with Crippen molar-refractivity contribution in [3.63, 3.8) is 0 Å². The molecule has 0 radical (unpaired) electrons. The van der Waals surface area contributed by atoms with Gasteiger partial charge < -0.3 is 9.88 Å². The molecule has 3 aromatic heterocycles. The third kappa shape index (κ3) is 3.48. The van der Waals surface area contributed by atoms with Crippen molar-refractivity contribution in [3.8, 4) is 0 Å². The molecule has 0 saturated carbocycles. The highest BCUT2D eigenvalue weighted by Gasteiger charge is 2.15. The topological polar surface area (TPSA) is 83.9 Å². The van der Waals surface area contributed by atoms with Gasteiger partial charge >= 0.3 is 0 Å². The molecule has 0 spiro atoms. The van der Waals surface area contributed by atoms with Crippen LogP contribution in [0.3, 0.4) is 0 Å². The highest BCUT2D eigenvalue weighted by Crippen LogP contribution is 2.16. The summed E-state index contributed by atoms with van der Waals surface area (Å²) in [4.78, 5) is 33.2. The molecule has 3 rings (SSSR count). The lowest BCUT2D eigenvalue weighted by Gasteiger charge is -2.16. The summed E-state index contributed by atoms with van der Waals surface area (Å²) in [5, 5.41) is 6.22. The standard InChI is InChI=1S/C17H21N5O2S/c1-10-12(11(2)22(4)20-10)5-6-15(23)21(3)9-14-18-13-7-8-25-16(13)17(24)19-14/h7-8H,5-6,9H2,1-4H3,(H,18,19,24). The van der Waals surface area contributed by atoms with Crippen LogP contribution < -0.4 is 5.56 Å². The molecule has 0 bridgehead atoms. The molecule has 0 saturated heterocycles. The number of fused-ring (bicyclic) bond motifs is 1. The average Bonchev–Trinajstić information content (AvgIpc) is 3.11. The van der Waals surface area contributed by atoms with Crippen LogP contribution in [0.5, 0.6) is 0 Å². The fraction of sp³-hybridized carbons (Fsp3) is 0.412. The summed E-state index contributed by atoms with van der Waals surface area (Å²) in [6.07, 6.45) is 1.05. The molecule has 1 N–H and O–H groups in total. The zero-order valence-electron chi connectivity index (χ0n) is 14.8. The Morgan fingerprint density at radius 2 is 2.16 bits per heavy atom. The number of thiophene rings is 1. The van der Waals surface area contributed by atoms with Crippen molar-refractivity contribution < 1.29 is 4.79 Å². The van der Waals surface area contributed by atoms with E-state index in [1.807, 2.05) is 37.0 Å². The van der Waals surface area contributed by atoms with Crippen LogP contribution in [-0.4, -0.2) is 37.6 Å². The van der Waals surface area contributed by atoms with Crippen molar-refractivity contribution in [3.05, 3.63) is 44.6 Å². The smallest absolute Gasteiger partial charge is 0.268 e. The molecule has 7 nitrogen and oxygen atoms in total. The second kappa shape index (κ2) is 6.79. The highest BCUT2D eigenvalue weighted by molar-refractivity contribution is 7.17. The van der Waals surface area contributed by atoms with Crippen molar-refractivity contribution in [1.82, 2.24) is 24.6 Å². The molecule has 1 amide bonds. The van der Waals surface area contributed by atoms with Gasteiger partial charge in [0.1, 0.15) is 10.5 Å². The fourth-order valence-corrected chi connectivity index (χ4v) is 3.64. The number of nitrogens with one attached hydrogen (secondary N) is 1. The van der Waals surface area contributed by atoms with Gasteiger partial charge in [0.15, 0.2) is 0 Å².